The molecule has 1 aromatic heterocycles. The van der Waals surface area contributed by atoms with Crippen LogP contribution >= 0.6 is 11.6 Å². The predicted molar refractivity (Wildman–Crippen MR) is 119 cm³/mol. The molecule has 0 bridgehead atoms. The van der Waals surface area contributed by atoms with Gasteiger partial charge in [-0.05, 0) is 58.3 Å². The third-order valence-electron chi connectivity index (χ3n) is 4.54. The molecule has 4 rings (SSSR count). The number of carbonyl (C=O) groups is 1. The van der Waals surface area contributed by atoms with Crippen LogP contribution in [0.25, 0.3) is 10.8 Å². The number of nitrogens with one attached hydrogen (secondary N) is 1. The summed E-state index contributed by atoms with van der Waals surface area (Å²) in [7, 11) is 0. The lowest BCUT2D eigenvalue weighted by Crippen LogP contribution is -2.18. The van der Waals surface area contributed by atoms with Crippen molar-refractivity contribution in [3.05, 3.63) is 107 Å². The normalized spacial score (nSPS) is 11.0. The van der Waals surface area contributed by atoms with Crippen molar-refractivity contribution in [2.24, 2.45) is 5.10 Å². The summed E-state index contributed by atoms with van der Waals surface area (Å²) in [6.45, 7) is 0.483. The number of hydrazone groups is 1. The van der Waals surface area contributed by atoms with Gasteiger partial charge in [0.15, 0.2) is 0 Å². The number of rotatable bonds is 6. The van der Waals surface area contributed by atoms with Gasteiger partial charge in [-0.2, -0.15) is 5.10 Å². The summed E-state index contributed by atoms with van der Waals surface area (Å²) in [5.74, 6) is 0.339. The highest BCUT2D eigenvalue weighted by Crippen LogP contribution is 2.21. The Hall–Kier alpha value is -3.70. The van der Waals surface area contributed by atoms with E-state index in [2.05, 4.69) is 39.8 Å². The van der Waals surface area contributed by atoms with Gasteiger partial charge < -0.3 is 4.74 Å². The summed E-state index contributed by atoms with van der Waals surface area (Å²) < 4.78 is 5.93. The molecule has 3 aromatic carbocycles. The second-order valence-corrected chi connectivity index (χ2v) is 6.89. The first-order valence-corrected chi connectivity index (χ1v) is 9.72. The largest absolute Gasteiger partial charge is 0.489 e. The Morgan fingerprint density at radius 1 is 1.00 bits per heavy atom. The summed E-state index contributed by atoms with van der Waals surface area (Å²) in [5, 5.41) is 6.48. The van der Waals surface area contributed by atoms with Crippen molar-refractivity contribution in [3.63, 3.8) is 0 Å². The van der Waals surface area contributed by atoms with E-state index in [4.69, 9.17) is 16.3 Å². The van der Waals surface area contributed by atoms with Crippen LogP contribution in [-0.2, 0) is 6.61 Å². The molecule has 0 fully saturated rings. The zero-order chi connectivity index (χ0) is 20.8. The molecule has 148 valence electrons. The molecule has 1 heterocycles. The maximum Gasteiger partial charge on any atom is 0.274 e. The highest BCUT2D eigenvalue weighted by Gasteiger charge is 2.09. The van der Waals surface area contributed by atoms with E-state index in [1.807, 2.05) is 42.5 Å². The van der Waals surface area contributed by atoms with Gasteiger partial charge in [-0.3, -0.25) is 4.79 Å². The van der Waals surface area contributed by atoms with Gasteiger partial charge in [0.2, 0.25) is 0 Å². The minimum absolute atomic E-state index is 0.137. The van der Waals surface area contributed by atoms with Gasteiger partial charge in [-0.25, -0.2) is 10.4 Å². The number of ether oxygens (including phenoxy) is 1. The maximum absolute atomic E-state index is 12.1. The van der Waals surface area contributed by atoms with Gasteiger partial charge in [0, 0.05) is 6.20 Å². The molecule has 0 aliphatic heterocycles. The lowest BCUT2D eigenvalue weighted by atomic mass is 10.1. The summed E-state index contributed by atoms with van der Waals surface area (Å²) in [6.07, 6.45) is 3.07. The highest BCUT2D eigenvalue weighted by molar-refractivity contribution is 6.32. The number of fused-ring (bicyclic) bond motifs is 1. The molecule has 30 heavy (non-hydrogen) atoms. The SMILES string of the molecule is O=C(N/N=C/c1ccc(OCc2cccc3ccccc23)cc1)c1cccnc1Cl. The molecule has 0 aliphatic rings. The average Bonchev–Trinajstić information content (AvgIpc) is 2.79. The lowest BCUT2D eigenvalue weighted by Gasteiger charge is -2.09. The van der Waals surface area contributed by atoms with Crippen molar-refractivity contribution >= 4 is 34.5 Å². The van der Waals surface area contributed by atoms with Crippen molar-refractivity contribution in [2.75, 3.05) is 0 Å². The van der Waals surface area contributed by atoms with Crippen molar-refractivity contribution in [1.82, 2.24) is 10.4 Å². The van der Waals surface area contributed by atoms with Crippen LogP contribution in [0.2, 0.25) is 5.15 Å². The second-order valence-electron chi connectivity index (χ2n) is 6.54. The Kier molecular flexibility index (Phi) is 6.01. The molecule has 5 nitrogen and oxygen atoms in total. The van der Waals surface area contributed by atoms with Gasteiger partial charge >= 0.3 is 0 Å². The Balaban J connectivity index is 1.35. The predicted octanol–water partition coefficient (Wildman–Crippen LogP) is 5.23. The molecular weight excluding hydrogens is 398 g/mol. The first-order chi connectivity index (χ1) is 14.7. The van der Waals surface area contributed by atoms with Crippen molar-refractivity contribution in [3.8, 4) is 5.75 Å². The lowest BCUT2D eigenvalue weighted by molar-refractivity contribution is 0.0955. The van der Waals surface area contributed by atoms with Crippen LogP contribution in [-0.4, -0.2) is 17.1 Å². The highest BCUT2D eigenvalue weighted by atomic mass is 35.5. The van der Waals surface area contributed by atoms with E-state index in [0.29, 0.717) is 6.61 Å². The number of hydrogen-bond acceptors (Lipinski definition) is 4. The van der Waals surface area contributed by atoms with Gasteiger partial charge in [-0.15, -0.1) is 0 Å². The van der Waals surface area contributed by atoms with E-state index in [1.165, 1.54) is 17.0 Å². The second kappa shape index (κ2) is 9.20. The van der Waals surface area contributed by atoms with Gasteiger partial charge in [0.05, 0.1) is 11.8 Å². The molecule has 0 radical (unpaired) electrons. The van der Waals surface area contributed by atoms with Crippen molar-refractivity contribution in [1.29, 1.82) is 0 Å². The quantitative estimate of drug-likeness (QED) is 0.266. The molecule has 1 amide bonds. The van der Waals surface area contributed by atoms with Crippen LogP contribution in [0.3, 0.4) is 0 Å². The van der Waals surface area contributed by atoms with Crippen LogP contribution in [0.15, 0.2) is 90.2 Å². The number of benzene rings is 3. The number of carbonyl (C=O) groups excluding carboxylic acids is 1. The number of pyridine rings is 1. The summed E-state index contributed by atoms with van der Waals surface area (Å²) in [6, 6.07) is 25.1. The number of amides is 1. The molecule has 0 aliphatic carbocycles. The van der Waals surface area contributed by atoms with E-state index in [-0.39, 0.29) is 10.7 Å². The van der Waals surface area contributed by atoms with Gasteiger partial charge in [0.1, 0.15) is 17.5 Å². The summed E-state index contributed by atoms with van der Waals surface area (Å²) in [5.41, 5.74) is 4.67. The fourth-order valence-electron chi connectivity index (χ4n) is 3.01. The first-order valence-electron chi connectivity index (χ1n) is 9.34. The van der Waals surface area contributed by atoms with Gasteiger partial charge in [0.25, 0.3) is 5.91 Å². The molecule has 0 spiro atoms. The minimum Gasteiger partial charge on any atom is -0.489 e. The Morgan fingerprint density at radius 3 is 2.63 bits per heavy atom. The van der Waals surface area contributed by atoms with Gasteiger partial charge in [-0.1, -0.05) is 54.1 Å². The van der Waals surface area contributed by atoms with E-state index in [9.17, 15) is 4.79 Å². The molecule has 0 saturated heterocycles. The fourth-order valence-corrected chi connectivity index (χ4v) is 3.22. The van der Waals surface area contributed by atoms with E-state index in [0.717, 1.165) is 16.9 Å². The zero-order valence-corrected chi connectivity index (χ0v) is 16.7. The smallest absolute Gasteiger partial charge is 0.274 e. The molecule has 6 heteroatoms. The van der Waals surface area contributed by atoms with E-state index >= 15 is 0 Å². The summed E-state index contributed by atoms with van der Waals surface area (Å²) in [4.78, 5) is 15.9. The summed E-state index contributed by atoms with van der Waals surface area (Å²) >= 11 is 5.90. The van der Waals surface area contributed by atoms with Crippen LogP contribution < -0.4 is 10.2 Å². The topological polar surface area (TPSA) is 63.6 Å². The maximum atomic E-state index is 12.1. The molecule has 0 saturated carbocycles. The molecule has 0 unspecified atom stereocenters. The third-order valence-corrected chi connectivity index (χ3v) is 4.84. The number of nitrogens with zero attached hydrogens (tertiary/aromatic N) is 2. The Morgan fingerprint density at radius 2 is 1.80 bits per heavy atom. The van der Waals surface area contributed by atoms with Crippen molar-refractivity contribution < 1.29 is 9.53 Å². The van der Waals surface area contributed by atoms with E-state index < -0.39 is 5.91 Å². The fraction of sp³-hybridized carbons (Fsp3) is 0.0417. The average molecular weight is 416 g/mol. The Bertz CT molecular complexity index is 1200. The van der Waals surface area contributed by atoms with Crippen molar-refractivity contribution in [2.45, 2.75) is 6.61 Å². The number of hydrogen-bond donors (Lipinski definition) is 1. The third kappa shape index (κ3) is 4.64. The molecule has 0 atom stereocenters. The standard InChI is InChI=1S/C24H18ClN3O2/c25-23-22(9-4-14-26-23)24(29)28-27-15-17-10-12-20(13-11-17)30-16-19-7-3-6-18-5-1-2-8-21(18)19/h1-15H,16H2,(H,28,29)/b27-15+. The monoisotopic (exact) mass is 415 g/mol. The molecule has 4 aromatic rings. The van der Waals surface area contributed by atoms with Crippen LogP contribution in [0.4, 0.5) is 0 Å². The Labute approximate surface area is 179 Å². The number of halogens is 1. The van der Waals surface area contributed by atoms with Crippen LogP contribution in [0.5, 0.6) is 5.75 Å². The van der Waals surface area contributed by atoms with Crippen LogP contribution in [0.1, 0.15) is 21.5 Å². The molecular formula is C24H18ClN3O2. The number of aromatic nitrogens is 1. The minimum atomic E-state index is -0.417. The first kappa shape index (κ1) is 19.6. The van der Waals surface area contributed by atoms with Crippen LogP contribution in [0, 0.1) is 0 Å². The van der Waals surface area contributed by atoms with E-state index in [1.54, 1.807) is 18.3 Å². The molecule has 1 N–H and O–H groups in total. The zero-order valence-electron chi connectivity index (χ0n) is 16.0.